The topological polar surface area (TPSA) is 34.1 Å². The van der Waals surface area contributed by atoms with Crippen LogP contribution >= 0.6 is 0 Å². The predicted molar refractivity (Wildman–Crippen MR) is 60.2 cm³/mol. The maximum atomic E-state index is 12.7. The van der Waals surface area contributed by atoms with Crippen molar-refractivity contribution >= 4 is 9.84 Å². The van der Waals surface area contributed by atoms with Crippen molar-refractivity contribution in [2.24, 2.45) is 5.92 Å². The molecule has 1 rings (SSSR count). The summed E-state index contributed by atoms with van der Waals surface area (Å²) >= 11 is 0. The second-order valence-corrected chi connectivity index (χ2v) is 6.58. The molecule has 0 N–H and O–H groups in total. The van der Waals surface area contributed by atoms with Gasteiger partial charge in [0.1, 0.15) is 4.91 Å². The SMILES string of the molecule is CCS(=O)(=O)/C(=C\C1CCCCC1)C(F)(F)F. The van der Waals surface area contributed by atoms with Crippen LogP contribution in [-0.2, 0) is 9.84 Å². The molecule has 1 saturated carbocycles. The molecule has 0 bridgehead atoms. The zero-order valence-electron chi connectivity index (χ0n) is 9.76. The van der Waals surface area contributed by atoms with Crippen molar-refractivity contribution in [1.82, 2.24) is 0 Å². The summed E-state index contributed by atoms with van der Waals surface area (Å²) in [6, 6.07) is 0. The zero-order valence-corrected chi connectivity index (χ0v) is 10.6. The number of hydrogen-bond donors (Lipinski definition) is 0. The Balaban J connectivity index is 3.02. The van der Waals surface area contributed by atoms with Crippen molar-refractivity contribution < 1.29 is 21.6 Å². The summed E-state index contributed by atoms with van der Waals surface area (Å²) < 4.78 is 61.0. The molecule has 0 unspecified atom stereocenters. The fourth-order valence-electron chi connectivity index (χ4n) is 2.04. The summed E-state index contributed by atoms with van der Waals surface area (Å²) in [4.78, 5) is -1.35. The molecule has 0 amide bonds. The van der Waals surface area contributed by atoms with E-state index in [9.17, 15) is 21.6 Å². The van der Waals surface area contributed by atoms with Gasteiger partial charge in [0.2, 0.25) is 0 Å². The molecule has 100 valence electrons. The van der Waals surface area contributed by atoms with Gasteiger partial charge < -0.3 is 0 Å². The van der Waals surface area contributed by atoms with E-state index in [1.165, 1.54) is 6.92 Å². The van der Waals surface area contributed by atoms with Gasteiger partial charge in [0.05, 0.1) is 5.75 Å². The molecule has 0 aromatic rings. The van der Waals surface area contributed by atoms with Crippen LogP contribution in [0.1, 0.15) is 39.0 Å². The number of alkyl halides is 3. The Labute approximate surface area is 99.8 Å². The van der Waals surface area contributed by atoms with Crippen LogP contribution in [-0.4, -0.2) is 20.3 Å². The van der Waals surface area contributed by atoms with Gasteiger partial charge in [-0.05, 0) is 18.8 Å². The lowest BCUT2D eigenvalue weighted by molar-refractivity contribution is -0.0849. The maximum Gasteiger partial charge on any atom is 0.426 e. The predicted octanol–water partition coefficient (Wildman–Crippen LogP) is 3.45. The van der Waals surface area contributed by atoms with Crippen LogP contribution in [0.3, 0.4) is 0 Å². The molecule has 1 aliphatic carbocycles. The van der Waals surface area contributed by atoms with Crippen LogP contribution in [0.2, 0.25) is 0 Å². The van der Waals surface area contributed by atoms with Gasteiger partial charge in [-0.2, -0.15) is 13.2 Å². The molecule has 1 aliphatic rings. The highest BCUT2D eigenvalue weighted by atomic mass is 32.2. The highest BCUT2D eigenvalue weighted by molar-refractivity contribution is 7.95. The minimum absolute atomic E-state index is 0.248. The monoisotopic (exact) mass is 270 g/mol. The van der Waals surface area contributed by atoms with Crippen LogP contribution in [0.5, 0.6) is 0 Å². The summed E-state index contributed by atoms with van der Waals surface area (Å²) in [5.41, 5.74) is 0. The Kier molecular flexibility index (Phi) is 4.63. The van der Waals surface area contributed by atoms with Crippen molar-refractivity contribution in [3.63, 3.8) is 0 Å². The summed E-state index contributed by atoms with van der Waals surface area (Å²) in [5, 5.41) is 0. The molecular formula is C11H17F3O2S. The van der Waals surface area contributed by atoms with E-state index < -0.39 is 26.7 Å². The number of hydrogen-bond acceptors (Lipinski definition) is 2. The van der Waals surface area contributed by atoms with Gasteiger partial charge in [-0.1, -0.05) is 32.3 Å². The average Bonchev–Trinajstić information content (AvgIpc) is 2.25. The quantitative estimate of drug-likeness (QED) is 0.787. The first-order chi connectivity index (χ1) is 7.77. The van der Waals surface area contributed by atoms with Crippen LogP contribution < -0.4 is 0 Å². The van der Waals surface area contributed by atoms with Crippen LogP contribution in [0, 0.1) is 5.92 Å². The molecule has 0 aromatic heterocycles. The molecule has 0 saturated heterocycles. The lowest BCUT2D eigenvalue weighted by atomic mass is 9.89. The first-order valence-corrected chi connectivity index (χ1v) is 7.44. The van der Waals surface area contributed by atoms with Gasteiger partial charge in [0.25, 0.3) is 0 Å². The van der Waals surface area contributed by atoms with Gasteiger partial charge in [-0.25, -0.2) is 8.42 Å². The van der Waals surface area contributed by atoms with Crippen LogP contribution in [0.25, 0.3) is 0 Å². The van der Waals surface area contributed by atoms with Gasteiger partial charge in [0.15, 0.2) is 9.84 Å². The highest BCUT2D eigenvalue weighted by Gasteiger charge is 2.42. The third-order valence-electron chi connectivity index (χ3n) is 3.03. The molecule has 0 aromatic carbocycles. The molecule has 0 aliphatic heterocycles. The third-order valence-corrected chi connectivity index (χ3v) is 4.83. The fraction of sp³-hybridized carbons (Fsp3) is 0.818. The zero-order chi connectivity index (χ0) is 13.1. The molecule has 0 spiro atoms. The van der Waals surface area contributed by atoms with Gasteiger partial charge in [0, 0.05) is 0 Å². The summed E-state index contributed by atoms with van der Waals surface area (Å²) in [7, 11) is -4.18. The van der Waals surface area contributed by atoms with E-state index in [1.54, 1.807) is 0 Å². The van der Waals surface area contributed by atoms with E-state index >= 15 is 0 Å². The second-order valence-electron chi connectivity index (χ2n) is 4.33. The molecule has 2 nitrogen and oxygen atoms in total. The second kappa shape index (κ2) is 5.42. The summed E-state index contributed by atoms with van der Waals surface area (Å²) in [6.07, 6.45) is 0.227. The molecule has 6 heteroatoms. The van der Waals surface area contributed by atoms with Crippen molar-refractivity contribution in [3.05, 3.63) is 11.0 Å². The number of rotatable bonds is 3. The summed E-state index contributed by atoms with van der Waals surface area (Å²) in [5.74, 6) is -0.757. The Morgan fingerprint density at radius 2 is 1.76 bits per heavy atom. The largest absolute Gasteiger partial charge is 0.426 e. The molecule has 17 heavy (non-hydrogen) atoms. The summed E-state index contributed by atoms with van der Waals surface area (Å²) in [6.45, 7) is 1.23. The lowest BCUT2D eigenvalue weighted by Gasteiger charge is -2.20. The number of allylic oxidation sites excluding steroid dienone is 2. The van der Waals surface area contributed by atoms with Gasteiger partial charge in [-0.15, -0.1) is 0 Å². The van der Waals surface area contributed by atoms with E-state index in [-0.39, 0.29) is 5.92 Å². The van der Waals surface area contributed by atoms with Gasteiger partial charge in [-0.3, -0.25) is 0 Å². The first kappa shape index (κ1) is 14.5. The Morgan fingerprint density at radius 1 is 1.24 bits per heavy atom. The van der Waals surface area contributed by atoms with Crippen molar-refractivity contribution in [3.8, 4) is 0 Å². The molecule has 0 heterocycles. The highest BCUT2D eigenvalue weighted by Crippen LogP contribution is 2.34. The van der Waals surface area contributed by atoms with E-state index in [1.807, 2.05) is 0 Å². The van der Waals surface area contributed by atoms with Crippen molar-refractivity contribution in [2.75, 3.05) is 5.75 Å². The third kappa shape index (κ3) is 4.01. The molecule has 1 fully saturated rings. The fourth-order valence-corrected chi connectivity index (χ4v) is 3.11. The molecule has 0 radical (unpaired) electrons. The minimum Gasteiger partial charge on any atom is -0.224 e. The minimum atomic E-state index is -4.77. The average molecular weight is 270 g/mol. The Morgan fingerprint density at radius 3 is 2.18 bits per heavy atom. The smallest absolute Gasteiger partial charge is 0.224 e. The molecule has 0 atom stereocenters. The normalized spacial score (nSPS) is 20.6. The Hall–Kier alpha value is -0.520. The van der Waals surface area contributed by atoms with E-state index in [2.05, 4.69) is 0 Å². The standard InChI is InChI=1S/C11H17F3O2S/c1-2-17(15,16)10(11(12,13)14)8-9-6-4-3-5-7-9/h8-9H,2-7H2,1H3/b10-8-. The van der Waals surface area contributed by atoms with Crippen LogP contribution in [0.15, 0.2) is 11.0 Å². The first-order valence-electron chi connectivity index (χ1n) is 5.79. The van der Waals surface area contributed by atoms with E-state index in [0.29, 0.717) is 12.8 Å². The lowest BCUT2D eigenvalue weighted by Crippen LogP contribution is -2.23. The van der Waals surface area contributed by atoms with E-state index in [4.69, 9.17) is 0 Å². The number of sulfone groups is 1. The molecular weight excluding hydrogens is 253 g/mol. The van der Waals surface area contributed by atoms with Crippen molar-refractivity contribution in [1.29, 1.82) is 0 Å². The number of halogens is 3. The van der Waals surface area contributed by atoms with Crippen molar-refractivity contribution in [2.45, 2.75) is 45.2 Å². The van der Waals surface area contributed by atoms with E-state index in [0.717, 1.165) is 25.3 Å². The Bertz CT molecular complexity index is 376. The maximum absolute atomic E-state index is 12.7. The van der Waals surface area contributed by atoms with Crippen LogP contribution in [0.4, 0.5) is 13.2 Å². The van der Waals surface area contributed by atoms with Gasteiger partial charge >= 0.3 is 6.18 Å².